The molecule has 0 unspecified atom stereocenters. The third-order valence-corrected chi connectivity index (χ3v) is 3.58. The number of benzene rings is 2. The first-order chi connectivity index (χ1) is 11.6. The minimum absolute atomic E-state index is 0.0919. The van der Waals surface area contributed by atoms with Crippen LogP contribution in [0.25, 0.3) is 16.9 Å². The van der Waals surface area contributed by atoms with Crippen molar-refractivity contribution in [2.24, 2.45) is 21.7 Å². The molecule has 0 aliphatic heterocycles. The third kappa shape index (κ3) is 3.61. The number of nitrogens with zero attached hydrogens (tertiary/aromatic N) is 3. The fourth-order valence-electron chi connectivity index (χ4n) is 2.25. The van der Waals surface area contributed by atoms with Gasteiger partial charge in [-0.2, -0.15) is 10.2 Å². The first-order valence-electron chi connectivity index (χ1n) is 7.21. The molecule has 0 aliphatic rings. The van der Waals surface area contributed by atoms with E-state index in [4.69, 9.17) is 23.1 Å². The van der Waals surface area contributed by atoms with Crippen molar-refractivity contribution in [3.8, 4) is 16.9 Å². The number of para-hydroxylation sites is 1. The van der Waals surface area contributed by atoms with E-state index in [1.165, 1.54) is 0 Å². The zero-order chi connectivity index (χ0) is 16.9. The SMILES string of the molecule is NC(N)=N/N=C/c1c[n+](-c2ccccc2)[nH]c1-c1ccc(Cl)cc1. The first kappa shape index (κ1) is 15.8. The minimum atomic E-state index is -0.0919. The monoisotopic (exact) mass is 339 g/mol. The van der Waals surface area contributed by atoms with Crippen LogP contribution >= 0.6 is 11.6 Å². The molecule has 0 amide bonds. The highest BCUT2D eigenvalue weighted by atomic mass is 35.5. The number of hydrogen-bond donors (Lipinski definition) is 3. The number of nitrogens with one attached hydrogen (secondary N) is 1. The van der Waals surface area contributed by atoms with Crippen LogP contribution in [0.4, 0.5) is 0 Å². The molecular weight excluding hydrogens is 324 g/mol. The number of guanidine groups is 1. The lowest BCUT2D eigenvalue weighted by molar-refractivity contribution is -0.654. The van der Waals surface area contributed by atoms with Crippen LogP contribution in [-0.2, 0) is 0 Å². The summed E-state index contributed by atoms with van der Waals surface area (Å²) < 4.78 is 1.90. The van der Waals surface area contributed by atoms with Gasteiger partial charge in [-0.25, -0.2) is 0 Å². The second kappa shape index (κ2) is 6.97. The van der Waals surface area contributed by atoms with Gasteiger partial charge in [-0.1, -0.05) is 46.6 Å². The van der Waals surface area contributed by atoms with Gasteiger partial charge in [-0.3, -0.25) is 0 Å². The van der Waals surface area contributed by atoms with Crippen LogP contribution in [0.3, 0.4) is 0 Å². The molecule has 6 nitrogen and oxygen atoms in total. The molecule has 0 saturated carbocycles. The molecule has 0 atom stereocenters. The normalized spacial score (nSPS) is 10.9. The lowest BCUT2D eigenvalue weighted by Crippen LogP contribution is -2.31. The molecule has 5 N–H and O–H groups in total. The molecule has 0 fully saturated rings. The third-order valence-electron chi connectivity index (χ3n) is 3.33. The molecule has 3 rings (SSSR count). The number of nitrogens with two attached hydrogens (primary N) is 2. The Morgan fingerprint density at radius 2 is 1.75 bits per heavy atom. The van der Waals surface area contributed by atoms with Crippen LogP contribution in [0, 0.1) is 0 Å². The van der Waals surface area contributed by atoms with Gasteiger partial charge in [0.15, 0.2) is 0 Å². The summed E-state index contributed by atoms with van der Waals surface area (Å²) in [5, 5.41) is 11.6. The lowest BCUT2D eigenvalue weighted by Gasteiger charge is -1.97. The standard InChI is InChI=1S/C17H15ClN6/c18-14-8-6-12(7-9-14)16-13(10-21-22-17(19)20)11-24(23-16)15-4-2-1-3-5-15/h1-11H,(H4,19,20,22)/p+1/b21-10+. The molecule has 2 aromatic carbocycles. The van der Waals surface area contributed by atoms with E-state index < -0.39 is 0 Å². The fraction of sp³-hybridized carbons (Fsp3) is 0. The van der Waals surface area contributed by atoms with E-state index in [2.05, 4.69) is 15.3 Å². The second-order valence-corrected chi connectivity index (χ2v) is 5.49. The Morgan fingerprint density at radius 1 is 1.04 bits per heavy atom. The van der Waals surface area contributed by atoms with Gasteiger partial charge in [0, 0.05) is 22.7 Å². The Labute approximate surface area is 144 Å². The Balaban J connectivity index is 2.07. The van der Waals surface area contributed by atoms with E-state index in [1.54, 1.807) is 6.21 Å². The molecule has 1 heterocycles. The Hall–Kier alpha value is -3.12. The quantitative estimate of drug-likeness (QED) is 0.294. The summed E-state index contributed by atoms with van der Waals surface area (Å²) in [6.45, 7) is 0. The van der Waals surface area contributed by atoms with E-state index in [0.29, 0.717) is 5.02 Å². The highest BCUT2D eigenvalue weighted by Crippen LogP contribution is 2.22. The molecule has 0 radical (unpaired) electrons. The van der Waals surface area contributed by atoms with Gasteiger partial charge >= 0.3 is 0 Å². The number of aromatic nitrogens is 2. The molecular formula is C17H16ClN6+. The van der Waals surface area contributed by atoms with Gasteiger partial charge in [0.1, 0.15) is 5.69 Å². The van der Waals surface area contributed by atoms with Gasteiger partial charge in [0.25, 0.3) is 0 Å². The van der Waals surface area contributed by atoms with Crippen molar-refractivity contribution in [2.75, 3.05) is 0 Å². The largest absolute Gasteiger partial charge is 0.369 e. The van der Waals surface area contributed by atoms with Crippen molar-refractivity contribution < 1.29 is 4.68 Å². The van der Waals surface area contributed by atoms with E-state index in [-0.39, 0.29) is 5.96 Å². The van der Waals surface area contributed by atoms with Crippen LogP contribution in [0.2, 0.25) is 5.02 Å². The predicted octanol–water partition coefficient (Wildman–Crippen LogP) is 2.22. The van der Waals surface area contributed by atoms with Crippen molar-refractivity contribution in [3.05, 3.63) is 71.4 Å². The number of aromatic amines is 1. The van der Waals surface area contributed by atoms with Crippen LogP contribution in [0.15, 0.2) is 71.0 Å². The zero-order valence-corrected chi connectivity index (χ0v) is 13.5. The van der Waals surface area contributed by atoms with Gasteiger partial charge in [-0.15, -0.1) is 5.10 Å². The highest BCUT2D eigenvalue weighted by Gasteiger charge is 2.16. The van der Waals surface area contributed by atoms with Gasteiger partial charge in [0.05, 0.1) is 11.8 Å². The van der Waals surface area contributed by atoms with Gasteiger partial charge in [-0.05, 0) is 12.1 Å². The van der Waals surface area contributed by atoms with Crippen molar-refractivity contribution in [2.45, 2.75) is 0 Å². The maximum atomic E-state index is 5.97. The van der Waals surface area contributed by atoms with Crippen LogP contribution in [0.1, 0.15) is 5.56 Å². The average molecular weight is 340 g/mol. The number of H-pyrrole nitrogens is 1. The van der Waals surface area contributed by atoms with Crippen LogP contribution in [0.5, 0.6) is 0 Å². The first-order valence-corrected chi connectivity index (χ1v) is 7.59. The van der Waals surface area contributed by atoms with Crippen molar-refractivity contribution >= 4 is 23.8 Å². The lowest BCUT2D eigenvalue weighted by atomic mass is 10.1. The van der Waals surface area contributed by atoms with Crippen molar-refractivity contribution in [3.63, 3.8) is 0 Å². The molecule has 120 valence electrons. The van der Waals surface area contributed by atoms with Crippen LogP contribution < -0.4 is 16.1 Å². The van der Waals surface area contributed by atoms with Gasteiger partial charge in [0.2, 0.25) is 17.8 Å². The fourth-order valence-corrected chi connectivity index (χ4v) is 2.38. The van der Waals surface area contributed by atoms with Crippen molar-refractivity contribution in [1.29, 1.82) is 0 Å². The predicted molar refractivity (Wildman–Crippen MR) is 96.2 cm³/mol. The Morgan fingerprint density at radius 3 is 2.42 bits per heavy atom. The summed E-state index contributed by atoms with van der Waals surface area (Å²) in [5.74, 6) is -0.0919. The molecule has 0 spiro atoms. The molecule has 3 aromatic rings. The van der Waals surface area contributed by atoms with Gasteiger partial charge < -0.3 is 11.5 Å². The summed E-state index contributed by atoms with van der Waals surface area (Å²) in [7, 11) is 0. The maximum Gasteiger partial charge on any atom is 0.235 e. The molecule has 0 aliphatic carbocycles. The number of rotatable bonds is 4. The average Bonchev–Trinajstić information content (AvgIpc) is 3.00. The summed E-state index contributed by atoms with van der Waals surface area (Å²) >= 11 is 5.97. The molecule has 7 heteroatoms. The van der Waals surface area contributed by atoms with Crippen molar-refractivity contribution in [1.82, 2.24) is 5.10 Å². The summed E-state index contributed by atoms with van der Waals surface area (Å²) in [6, 6.07) is 17.4. The number of hydrogen-bond acceptors (Lipinski definition) is 2. The summed E-state index contributed by atoms with van der Waals surface area (Å²) in [6.07, 6.45) is 3.52. The highest BCUT2D eigenvalue weighted by molar-refractivity contribution is 6.30. The molecule has 1 aromatic heterocycles. The second-order valence-electron chi connectivity index (χ2n) is 5.05. The maximum absolute atomic E-state index is 5.97. The minimum Gasteiger partial charge on any atom is -0.369 e. The Bertz CT molecular complexity index is 877. The topological polar surface area (TPSA) is 96.4 Å². The summed E-state index contributed by atoms with van der Waals surface area (Å²) in [5.41, 5.74) is 14.3. The van der Waals surface area contributed by atoms with E-state index in [0.717, 1.165) is 22.5 Å². The zero-order valence-electron chi connectivity index (χ0n) is 12.7. The van der Waals surface area contributed by atoms with E-state index >= 15 is 0 Å². The van der Waals surface area contributed by atoms with Crippen LogP contribution in [-0.4, -0.2) is 17.3 Å². The molecule has 24 heavy (non-hydrogen) atoms. The molecule has 0 saturated heterocycles. The smallest absolute Gasteiger partial charge is 0.235 e. The summed E-state index contributed by atoms with van der Waals surface area (Å²) in [4.78, 5) is 0. The Kier molecular flexibility index (Phi) is 4.58. The van der Waals surface area contributed by atoms with E-state index in [1.807, 2.05) is 65.5 Å². The number of halogens is 1. The van der Waals surface area contributed by atoms with E-state index in [9.17, 15) is 0 Å². The molecule has 0 bridgehead atoms.